The van der Waals surface area contributed by atoms with Crippen LogP contribution in [0.4, 0.5) is 19.3 Å². The zero-order valence-corrected chi connectivity index (χ0v) is 18.0. The number of anilines is 1. The number of aryl methyl sites for hydroxylation is 1. The maximum absolute atomic E-state index is 13.6. The number of alkyl halides is 2. The number of aromatic nitrogens is 2. The van der Waals surface area contributed by atoms with Crippen molar-refractivity contribution in [1.29, 1.82) is 0 Å². The van der Waals surface area contributed by atoms with Gasteiger partial charge in [-0.25, -0.2) is 18.4 Å². The molecule has 2 saturated heterocycles. The zero-order chi connectivity index (χ0) is 22.9. The largest absolute Gasteiger partial charge is 0.476 e. The SMILES string of the molecule is Cc1ccc(CN2CCN(C(=O)n3ccc(C(=O)O)n3)CC2)c(N2CCC(F)(F)CC2)c1. The summed E-state index contributed by atoms with van der Waals surface area (Å²) in [5.74, 6) is -3.75. The average molecular weight is 447 g/mol. The predicted octanol–water partition coefficient (Wildman–Crippen LogP) is 2.91. The second-order valence-electron chi connectivity index (χ2n) is 8.47. The Morgan fingerprint density at radius 1 is 1.06 bits per heavy atom. The number of piperidine rings is 1. The quantitative estimate of drug-likeness (QED) is 0.776. The van der Waals surface area contributed by atoms with E-state index in [1.165, 1.54) is 12.3 Å². The number of benzene rings is 1. The molecule has 10 heteroatoms. The van der Waals surface area contributed by atoms with Crippen LogP contribution in [0.2, 0.25) is 0 Å². The van der Waals surface area contributed by atoms with Crippen LogP contribution >= 0.6 is 0 Å². The van der Waals surface area contributed by atoms with Crippen molar-refractivity contribution >= 4 is 17.7 Å². The van der Waals surface area contributed by atoms with Crippen LogP contribution < -0.4 is 4.90 Å². The summed E-state index contributed by atoms with van der Waals surface area (Å²) in [5.41, 5.74) is 3.03. The van der Waals surface area contributed by atoms with E-state index < -0.39 is 11.9 Å². The number of amides is 1. The van der Waals surface area contributed by atoms with E-state index in [4.69, 9.17) is 5.11 Å². The smallest absolute Gasteiger partial charge is 0.356 e. The summed E-state index contributed by atoms with van der Waals surface area (Å²) in [7, 11) is 0. The van der Waals surface area contributed by atoms with Crippen LogP contribution in [0.1, 0.15) is 34.5 Å². The number of hydrogen-bond acceptors (Lipinski definition) is 5. The summed E-state index contributed by atoms with van der Waals surface area (Å²) >= 11 is 0. The predicted molar refractivity (Wildman–Crippen MR) is 114 cm³/mol. The minimum atomic E-state index is -2.58. The van der Waals surface area contributed by atoms with E-state index in [2.05, 4.69) is 27.0 Å². The topological polar surface area (TPSA) is 81.9 Å². The number of carboxylic acids is 1. The van der Waals surface area contributed by atoms with Crippen molar-refractivity contribution in [1.82, 2.24) is 19.6 Å². The molecular weight excluding hydrogens is 420 g/mol. The summed E-state index contributed by atoms with van der Waals surface area (Å²) < 4.78 is 28.3. The van der Waals surface area contributed by atoms with Gasteiger partial charge in [0.1, 0.15) is 0 Å². The highest BCUT2D eigenvalue weighted by molar-refractivity contribution is 5.86. The molecule has 0 spiro atoms. The number of carbonyl (C=O) groups is 2. The van der Waals surface area contributed by atoms with Gasteiger partial charge in [-0.15, -0.1) is 0 Å². The lowest BCUT2D eigenvalue weighted by molar-refractivity contribution is -0.0221. The third-order valence-corrected chi connectivity index (χ3v) is 6.12. The normalized spacial score (nSPS) is 19.2. The highest BCUT2D eigenvalue weighted by atomic mass is 19.3. The van der Waals surface area contributed by atoms with Crippen LogP contribution in [-0.2, 0) is 6.54 Å². The molecule has 2 fully saturated rings. The number of nitrogens with zero attached hydrogens (tertiary/aromatic N) is 5. The van der Waals surface area contributed by atoms with Crippen molar-refractivity contribution in [3.63, 3.8) is 0 Å². The molecule has 172 valence electrons. The van der Waals surface area contributed by atoms with Crippen molar-refractivity contribution < 1.29 is 23.5 Å². The molecule has 1 N–H and O–H groups in total. The first-order valence-electron chi connectivity index (χ1n) is 10.7. The Bertz CT molecular complexity index is 991. The molecule has 32 heavy (non-hydrogen) atoms. The first kappa shape index (κ1) is 22.2. The highest BCUT2D eigenvalue weighted by Crippen LogP contribution is 2.33. The van der Waals surface area contributed by atoms with E-state index in [1.54, 1.807) is 4.90 Å². The lowest BCUT2D eigenvalue weighted by Gasteiger charge is -2.37. The van der Waals surface area contributed by atoms with Gasteiger partial charge in [0.15, 0.2) is 5.69 Å². The van der Waals surface area contributed by atoms with Crippen molar-refractivity contribution in [2.24, 2.45) is 0 Å². The molecule has 0 radical (unpaired) electrons. The molecule has 0 atom stereocenters. The van der Waals surface area contributed by atoms with Crippen LogP contribution in [0.3, 0.4) is 0 Å². The molecule has 3 heterocycles. The Morgan fingerprint density at radius 3 is 2.38 bits per heavy atom. The molecule has 0 unspecified atom stereocenters. The Kier molecular flexibility index (Phi) is 6.14. The van der Waals surface area contributed by atoms with E-state index in [0.29, 0.717) is 45.8 Å². The number of halogens is 2. The van der Waals surface area contributed by atoms with Gasteiger partial charge in [0, 0.05) is 70.5 Å². The third-order valence-electron chi connectivity index (χ3n) is 6.12. The van der Waals surface area contributed by atoms with Gasteiger partial charge >= 0.3 is 12.0 Å². The second kappa shape index (κ2) is 8.85. The highest BCUT2D eigenvalue weighted by Gasteiger charge is 2.34. The van der Waals surface area contributed by atoms with Crippen LogP contribution in [-0.4, -0.2) is 81.9 Å². The molecule has 8 nitrogen and oxygen atoms in total. The van der Waals surface area contributed by atoms with Crippen molar-refractivity contribution in [2.45, 2.75) is 32.2 Å². The molecule has 0 bridgehead atoms. The number of carbonyl (C=O) groups excluding carboxylic acids is 1. The molecule has 0 aliphatic carbocycles. The van der Waals surface area contributed by atoms with Gasteiger partial charge in [-0.05, 0) is 30.2 Å². The van der Waals surface area contributed by atoms with Crippen LogP contribution in [0.25, 0.3) is 0 Å². The number of rotatable bonds is 4. The lowest BCUT2D eigenvalue weighted by atomic mass is 10.0. The number of hydrogen-bond donors (Lipinski definition) is 1. The fourth-order valence-corrected chi connectivity index (χ4v) is 4.20. The minimum Gasteiger partial charge on any atom is -0.476 e. The maximum Gasteiger partial charge on any atom is 0.356 e. The van der Waals surface area contributed by atoms with Crippen molar-refractivity contribution in [2.75, 3.05) is 44.2 Å². The van der Waals surface area contributed by atoms with E-state index in [1.807, 2.05) is 13.0 Å². The van der Waals surface area contributed by atoms with Gasteiger partial charge in [0.25, 0.3) is 5.92 Å². The Balaban J connectivity index is 1.38. The Labute approximate surface area is 185 Å². The van der Waals surface area contributed by atoms with E-state index in [9.17, 15) is 18.4 Å². The summed E-state index contributed by atoms with van der Waals surface area (Å²) in [4.78, 5) is 29.5. The summed E-state index contributed by atoms with van der Waals surface area (Å²) in [6.07, 6.45) is 1.11. The van der Waals surface area contributed by atoms with Crippen LogP contribution in [0, 0.1) is 6.92 Å². The summed E-state index contributed by atoms with van der Waals surface area (Å²) in [6.45, 7) is 5.67. The van der Waals surface area contributed by atoms with Gasteiger partial charge in [-0.1, -0.05) is 12.1 Å². The standard InChI is InChI=1S/C22H27F2N5O3/c1-16-2-3-17(19(14-16)27-8-5-22(23,24)6-9-27)15-26-10-12-28(13-11-26)21(32)29-7-4-18(25-29)20(30)31/h2-4,7,14H,5-6,8-13,15H2,1H3,(H,30,31). The van der Waals surface area contributed by atoms with E-state index >= 15 is 0 Å². The van der Waals surface area contributed by atoms with Crippen molar-refractivity contribution in [3.05, 3.63) is 47.3 Å². The molecule has 2 aromatic rings. The molecule has 2 aliphatic rings. The number of piperazine rings is 1. The monoisotopic (exact) mass is 447 g/mol. The summed E-state index contributed by atoms with van der Waals surface area (Å²) in [5, 5.41) is 12.8. The fourth-order valence-electron chi connectivity index (χ4n) is 4.20. The number of aromatic carboxylic acids is 1. The molecule has 4 rings (SSSR count). The number of carboxylic acid groups (broad SMARTS) is 1. The van der Waals surface area contributed by atoms with E-state index in [0.717, 1.165) is 21.5 Å². The van der Waals surface area contributed by atoms with Gasteiger partial charge in [-0.3, -0.25) is 4.90 Å². The molecule has 1 aromatic heterocycles. The lowest BCUT2D eigenvalue weighted by Crippen LogP contribution is -2.49. The summed E-state index contributed by atoms with van der Waals surface area (Å²) in [6, 6.07) is 7.12. The van der Waals surface area contributed by atoms with Gasteiger partial charge < -0.3 is 14.9 Å². The first-order valence-corrected chi connectivity index (χ1v) is 10.7. The van der Waals surface area contributed by atoms with E-state index in [-0.39, 0.29) is 24.6 Å². The Hall–Kier alpha value is -3.01. The average Bonchev–Trinajstić information content (AvgIpc) is 3.26. The molecule has 1 aromatic carbocycles. The second-order valence-corrected chi connectivity index (χ2v) is 8.47. The van der Waals surface area contributed by atoms with Gasteiger partial charge in [-0.2, -0.15) is 9.78 Å². The maximum atomic E-state index is 13.6. The Morgan fingerprint density at radius 2 is 1.75 bits per heavy atom. The zero-order valence-electron chi connectivity index (χ0n) is 18.0. The fraction of sp³-hybridized carbons (Fsp3) is 0.500. The molecule has 0 saturated carbocycles. The minimum absolute atomic E-state index is 0.127. The third kappa shape index (κ3) is 4.90. The van der Waals surface area contributed by atoms with Crippen molar-refractivity contribution in [3.8, 4) is 0 Å². The molecule has 1 amide bonds. The van der Waals surface area contributed by atoms with Gasteiger partial charge in [0.05, 0.1) is 0 Å². The first-order chi connectivity index (χ1) is 15.2. The molecular formula is C22H27F2N5O3. The van der Waals surface area contributed by atoms with Crippen LogP contribution in [0.5, 0.6) is 0 Å². The van der Waals surface area contributed by atoms with Crippen LogP contribution in [0.15, 0.2) is 30.5 Å². The molecule has 2 aliphatic heterocycles. The van der Waals surface area contributed by atoms with Gasteiger partial charge in [0.2, 0.25) is 0 Å².